The number of anilines is 1. The minimum atomic E-state index is -0.503. The second kappa shape index (κ2) is 9.95. The number of halogens is 3. The van der Waals surface area contributed by atoms with Gasteiger partial charge < -0.3 is 5.32 Å². The van der Waals surface area contributed by atoms with Crippen LogP contribution >= 0.6 is 39.1 Å². The molecule has 30 heavy (non-hydrogen) atoms. The van der Waals surface area contributed by atoms with Crippen LogP contribution in [0.5, 0.6) is 0 Å². The van der Waals surface area contributed by atoms with Crippen LogP contribution in [0.2, 0.25) is 10.0 Å². The number of hydrogen-bond donors (Lipinski definition) is 1. The van der Waals surface area contributed by atoms with E-state index in [4.69, 9.17) is 23.2 Å². The fourth-order valence-corrected chi connectivity index (χ4v) is 3.75. The number of carbonyl (C=O) groups is 1. The van der Waals surface area contributed by atoms with Crippen molar-refractivity contribution in [3.8, 4) is 6.07 Å². The summed E-state index contributed by atoms with van der Waals surface area (Å²) in [5, 5.41) is 13.3. The molecule has 0 heterocycles. The van der Waals surface area contributed by atoms with Crippen molar-refractivity contribution in [3.05, 3.63) is 103 Å². The summed E-state index contributed by atoms with van der Waals surface area (Å²) in [6.07, 6.45) is 2.19. The molecule has 0 aromatic heterocycles. The third-order valence-electron chi connectivity index (χ3n) is 4.61. The van der Waals surface area contributed by atoms with Gasteiger partial charge in [-0.1, -0.05) is 75.5 Å². The molecule has 0 saturated carbocycles. The van der Waals surface area contributed by atoms with Crippen molar-refractivity contribution in [2.24, 2.45) is 0 Å². The minimum Gasteiger partial charge on any atom is -0.321 e. The molecule has 1 amide bonds. The number of rotatable bonds is 5. The summed E-state index contributed by atoms with van der Waals surface area (Å²) in [4.78, 5) is 12.6. The summed E-state index contributed by atoms with van der Waals surface area (Å²) in [7, 11) is 0. The molecule has 150 valence electrons. The monoisotopic (exact) mass is 498 g/mol. The van der Waals surface area contributed by atoms with Gasteiger partial charge in [-0.3, -0.25) is 4.79 Å². The second-order valence-electron chi connectivity index (χ2n) is 6.66. The molecular formula is C24H17BrCl2N2O. The van der Waals surface area contributed by atoms with E-state index in [1.54, 1.807) is 31.2 Å². The first-order chi connectivity index (χ1) is 14.4. The van der Waals surface area contributed by atoms with Gasteiger partial charge in [-0.2, -0.15) is 5.26 Å². The molecule has 0 spiro atoms. The molecule has 0 unspecified atom stereocenters. The number of carbonyl (C=O) groups excluding carboxylic acids is 1. The summed E-state index contributed by atoms with van der Waals surface area (Å²) in [5.41, 5.74) is 4.03. The predicted molar refractivity (Wildman–Crippen MR) is 127 cm³/mol. The molecular weight excluding hydrogens is 483 g/mol. The third kappa shape index (κ3) is 5.31. The van der Waals surface area contributed by atoms with Crippen LogP contribution in [0.15, 0.2) is 70.7 Å². The smallest absolute Gasteiger partial charge is 0.266 e. The molecule has 3 aromatic rings. The van der Waals surface area contributed by atoms with Gasteiger partial charge in [0.15, 0.2) is 0 Å². The van der Waals surface area contributed by atoms with E-state index in [0.29, 0.717) is 27.7 Å². The highest BCUT2D eigenvalue weighted by Gasteiger charge is 2.13. The van der Waals surface area contributed by atoms with Gasteiger partial charge in [0.05, 0.1) is 0 Å². The van der Waals surface area contributed by atoms with E-state index < -0.39 is 5.91 Å². The van der Waals surface area contributed by atoms with Crippen LogP contribution in [-0.4, -0.2) is 5.91 Å². The van der Waals surface area contributed by atoms with E-state index in [0.717, 1.165) is 21.2 Å². The van der Waals surface area contributed by atoms with E-state index in [-0.39, 0.29) is 5.57 Å². The van der Waals surface area contributed by atoms with Gasteiger partial charge in [-0.05, 0) is 59.5 Å². The quantitative estimate of drug-likeness (QED) is 0.298. The third-order valence-corrected chi connectivity index (χ3v) is 6.14. The zero-order valence-corrected chi connectivity index (χ0v) is 19.1. The van der Waals surface area contributed by atoms with Crippen molar-refractivity contribution < 1.29 is 4.79 Å². The molecule has 0 saturated heterocycles. The molecule has 0 bridgehead atoms. The Kier molecular flexibility index (Phi) is 7.33. The van der Waals surface area contributed by atoms with Gasteiger partial charge in [-0.15, -0.1) is 0 Å². The van der Waals surface area contributed by atoms with Crippen molar-refractivity contribution in [2.45, 2.75) is 13.3 Å². The van der Waals surface area contributed by atoms with Gasteiger partial charge in [0.2, 0.25) is 0 Å². The molecule has 0 atom stereocenters. The van der Waals surface area contributed by atoms with Crippen molar-refractivity contribution in [2.75, 3.05) is 5.32 Å². The van der Waals surface area contributed by atoms with Crippen LogP contribution in [-0.2, 0) is 11.2 Å². The number of hydrogen-bond acceptors (Lipinski definition) is 2. The molecule has 0 aliphatic rings. The molecule has 6 heteroatoms. The van der Waals surface area contributed by atoms with E-state index in [1.807, 2.05) is 42.5 Å². The number of nitrogens with zero attached hydrogens (tertiary/aromatic N) is 1. The summed E-state index contributed by atoms with van der Waals surface area (Å²) in [6.45, 7) is 1.80. The lowest BCUT2D eigenvalue weighted by Gasteiger charge is -2.09. The zero-order valence-electron chi connectivity index (χ0n) is 16.0. The van der Waals surface area contributed by atoms with E-state index in [1.165, 1.54) is 6.08 Å². The Hall–Kier alpha value is -2.58. The Morgan fingerprint density at radius 2 is 1.83 bits per heavy atom. The molecule has 1 N–H and O–H groups in total. The lowest BCUT2D eigenvalue weighted by molar-refractivity contribution is -0.112. The first kappa shape index (κ1) is 22.1. The maximum Gasteiger partial charge on any atom is 0.266 e. The highest BCUT2D eigenvalue weighted by molar-refractivity contribution is 9.10. The Morgan fingerprint density at radius 1 is 1.07 bits per heavy atom. The Morgan fingerprint density at radius 3 is 2.53 bits per heavy atom. The summed E-state index contributed by atoms with van der Waals surface area (Å²) >= 11 is 16.1. The predicted octanol–water partition coefficient (Wildman–Crippen LogP) is 7.20. The molecule has 3 rings (SSSR count). The van der Waals surface area contributed by atoms with Crippen LogP contribution in [0.25, 0.3) is 6.08 Å². The van der Waals surface area contributed by atoms with Gasteiger partial charge >= 0.3 is 0 Å². The Bertz CT molecular complexity index is 1180. The van der Waals surface area contributed by atoms with Crippen LogP contribution in [0.4, 0.5) is 5.69 Å². The minimum absolute atomic E-state index is 0.0241. The Labute approximate surface area is 194 Å². The fourth-order valence-electron chi connectivity index (χ4n) is 2.89. The molecule has 0 aliphatic heterocycles. The van der Waals surface area contributed by atoms with E-state index >= 15 is 0 Å². The van der Waals surface area contributed by atoms with Crippen LogP contribution < -0.4 is 5.32 Å². The topological polar surface area (TPSA) is 52.9 Å². The van der Waals surface area contributed by atoms with Crippen LogP contribution in [0, 0.1) is 18.3 Å². The molecule has 3 aromatic carbocycles. The summed E-state index contributed by atoms with van der Waals surface area (Å²) in [5.74, 6) is -0.503. The van der Waals surface area contributed by atoms with E-state index in [9.17, 15) is 10.1 Å². The maximum absolute atomic E-state index is 12.6. The number of nitrogens with one attached hydrogen (secondary N) is 1. The highest BCUT2D eigenvalue weighted by Crippen LogP contribution is 2.26. The van der Waals surface area contributed by atoms with Crippen molar-refractivity contribution in [1.29, 1.82) is 5.26 Å². The van der Waals surface area contributed by atoms with Crippen LogP contribution in [0.1, 0.15) is 22.3 Å². The molecule has 0 fully saturated rings. The molecule has 0 aliphatic carbocycles. The summed E-state index contributed by atoms with van der Waals surface area (Å²) in [6, 6.07) is 20.6. The van der Waals surface area contributed by atoms with Gasteiger partial charge in [-0.25, -0.2) is 0 Å². The Balaban J connectivity index is 1.81. The second-order valence-corrected chi connectivity index (χ2v) is 8.32. The largest absolute Gasteiger partial charge is 0.321 e. The fraction of sp³-hybridized carbons (Fsp3) is 0.0833. The highest BCUT2D eigenvalue weighted by atomic mass is 79.9. The first-order valence-corrected chi connectivity index (χ1v) is 10.6. The lowest BCUT2D eigenvalue weighted by Crippen LogP contribution is -2.14. The van der Waals surface area contributed by atoms with E-state index in [2.05, 4.69) is 21.2 Å². The van der Waals surface area contributed by atoms with Crippen LogP contribution in [0.3, 0.4) is 0 Å². The maximum atomic E-state index is 12.6. The van der Waals surface area contributed by atoms with Crippen molar-refractivity contribution in [1.82, 2.24) is 0 Å². The number of nitriles is 1. The van der Waals surface area contributed by atoms with Gasteiger partial charge in [0.25, 0.3) is 5.91 Å². The molecule has 3 nitrogen and oxygen atoms in total. The SMILES string of the molecule is Cc1c(Cl)cccc1NC(=O)/C(C#N)=C/c1ccc(Cc2ccccc2Br)c(Cl)c1. The summed E-state index contributed by atoms with van der Waals surface area (Å²) < 4.78 is 1.02. The average Bonchev–Trinajstić information content (AvgIpc) is 2.73. The number of amides is 1. The van der Waals surface area contributed by atoms with Gasteiger partial charge in [0.1, 0.15) is 11.6 Å². The van der Waals surface area contributed by atoms with Crippen molar-refractivity contribution >= 4 is 56.8 Å². The normalized spacial score (nSPS) is 11.1. The zero-order chi connectivity index (χ0) is 21.7. The number of benzene rings is 3. The molecule has 0 radical (unpaired) electrons. The van der Waals surface area contributed by atoms with Crippen molar-refractivity contribution in [3.63, 3.8) is 0 Å². The first-order valence-electron chi connectivity index (χ1n) is 9.09. The standard InChI is InChI=1S/C24H17BrCl2N2O/c1-15-21(26)7-4-8-23(15)29-24(30)19(14-28)11-16-9-10-18(22(27)12-16)13-17-5-2-3-6-20(17)25/h2-12H,13H2,1H3,(H,29,30)/b19-11+. The average molecular weight is 500 g/mol. The lowest BCUT2D eigenvalue weighted by atomic mass is 10.0. The van der Waals surface area contributed by atoms with Gasteiger partial charge in [0, 0.05) is 26.6 Å².